The SMILES string of the molecule is N#Cc1ccc(N2CCCCC2)nc1.c1cn2c(cnc3[nH]ccc32)n1. The van der Waals surface area contributed by atoms with Crippen LogP contribution in [0.1, 0.15) is 24.8 Å². The normalized spacial score (nSPS) is 14.0. The van der Waals surface area contributed by atoms with Crippen LogP contribution in [0.3, 0.4) is 0 Å². The summed E-state index contributed by atoms with van der Waals surface area (Å²) in [5, 5.41) is 8.64. The first-order chi connectivity index (χ1) is 12.8. The summed E-state index contributed by atoms with van der Waals surface area (Å²) in [6.45, 7) is 2.19. The van der Waals surface area contributed by atoms with Gasteiger partial charge in [-0.05, 0) is 37.5 Å². The van der Waals surface area contributed by atoms with E-state index in [1.54, 1.807) is 18.6 Å². The number of H-pyrrole nitrogens is 1. The number of imidazole rings is 1. The average molecular weight is 345 g/mol. The molecule has 26 heavy (non-hydrogen) atoms. The Morgan fingerprint density at radius 3 is 2.65 bits per heavy atom. The van der Waals surface area contributed by atoms with Gasteiger partial charge in [-0.25, -0.2) is 15.0 Å². The van der Waals surface area contributed by atoms with Crippen molar-refractivity contribution in [2.75, 3.05) is 18.0 Å². The van der Waals surface area contributed by atoms with Gasteiger partial charge in [0.15, 0.2) is 11.3 Å². The molecule has 5 rings (SSSR count). The molecule has 0 aliphatic carbocycles. The molecule has 7 nitrogen and oxygen atoms in total. The van der Waals surface area contributed by atoms with Crippen LogP contribution < -0.4 is 4.90 Å². The van der Waals surface area contributed by atoms with Crippen LogP contribution in [0.15, 0.2) is 49.2 Å². The van der Waals surface area contributed by atoms with Crippen molar-refractivity contribution < 1.29 is 0 Å². The van der Waals surface area contributed by atoms with Gasteiger partial charge < -0.3 is 9.88 Å². The molecule has 0 radical (unpaired) electrons. The Morgan fingerprint density at radius 1 is 1.00 bits per heavy atom. The van der Waals surface area contributed by atoms with Crippen molar-refractivity contribution in [3.05, 3.63) is 54.7 Å². The summed E-state index contributed by atoms with van der Waals surface area (Å²) in [4.78, 5) is 17.9. The van der Waals surface area contributed by atoms with Gasteiger partial charge in [0, 0.05) is 37.9 Å². The number of anilines is 1. The second-order valence-electron chi connectivity index (χ2n) is 6.19. The number of hydrogen-bond donors (Lipinski definition) is 1. The molecule has 0 spiro atoms. The Hall–Kier alpha value is -3.40. The lowest BCUT2D eigenvalue weighted by atomic mass is 10.1. The van der Waals surface area contributed by atoms with Crippen LogP contribution in [0.2, 0.25) is 0 Å². The third kappa shape index (κ3) is 3.22. The summed E-state index contributed by atoms with van der Waals surface area (Å²) < 4.78 is 2.00. The topological polar surface area (TPSA) is 85.9 Å². The van der Waals surface area contributed by atoms with E-state index in [4.69, 9.17) is 5.26 Å². The molecule has 1 saturated heterocycles. The molecule has 1 fully saturated rings. The van der Waals surface area contributed by atoms with Gasteiger partial charge in [-0.15, -0.1) is 0 Å². The highest BCUT2D eigenvalue weighted by Gasteiger charge is 2.11. The molecule has 1 aliphatic rings. The number of pyridine rings is 1. The average Bonchev–Trinajstić information content (AvgIpc) is 3.37. The maximum absolute atomic E-state index is 8.64. The third-order valence-electron chi connectivity index (χ3n) is 4.50. The predicted molar refractivity (Wildman–Crippen MR) is 99.9 cm³/mol. The Morgan fingerprint density at radius 2 is 1.88 bits per heavy atom. The molecule has 4 aromatic rings. The number of hydrogen-bond acceptors (Lipinski definition) is 5. The highest BCUT2D eigenvalue weighted by atomic mass is 15.2. The number of aromatic amines is 1. The van der Waals surface area contributed by atoms with Crippen LogP contribution in [-0.4, -0.2) is 37.4 Å². The van der Waals surface area contributed by atoms with Crippen molar-refractivity contribution in [3.63, 3.8) is 0 Å². The van der Waals surface area contributed by atoms with Gasteiger partial charge in [0.1, 0.15) is 11.9 Å². The first-order valence-electron chi connectivity index (χ1n) is 8.71. The molecule has 1 N–H and O–H groups in total. The zero-order valence-corrected chi connectivity index (χ0v) is 14.3. The summed E-state index contributed by atoms with van der Waals surface area (Å²) in [7, 11) is 0. The lowest BCUT2D eigenvalue weighted by molar-refractivity contribution is 0.573. The number of nitriles is 1. The fourth-order valence-electron chi connectivity index (χ4n) is 3.15. The standard InChI is InChI=1S/C11H13N3.C8H6N4/c12-8-10-4-5-11(13-9-10)14-6-2-1-3-7-14;1-2-10-8-6(1)12-4-3-9-7(12)5-11-8/h4-5,9H,1-3,6-7H2;1-5,10H. The van der Waals surface area contributed by atoms with Crippen molar-refractivity contribution in [3.8, 4) is 6.07 Å². The number of aromatic nitrogens is 5. The maximum Gasteiger partial charge on any atom is 0.155 e. The Kier molecular flexibility index (Phi) is 4.48. The van der Waals surface area contributed by atoms with Gasteiger partial charge in [-0.1, -0.05) is 0 Å². The highest BCUT2D eigenvalue weighted by Crippen LogP contribution is 2.17. The number of rotatable bonds is 1. The lowest BCUT2D eigenvalue weighted by Crippen LogP contribution is -2.29. The van der Waals surface area contributed by atoms with E-state index in [2.05, 4.69) is 30.9 Å². The minimum absolute atomic E-state index is 0.630. The number of fused-ring (bicyclic) bond motifs is 3. The first kappa shape index (κ1) is 16.1. The quantitative estimate of drug-likeness (QED) is 0.573. The molecular weight excluding hydrogens is 326 g/mol. The predicted octanol–water partition coefficient (Wildman–Crippen LogP) is 3.15. The summed E-state index contributed by atoms with van der Waals surface area (Å²) in [6.07, 6.45) is 12.8. The molecule has 0 bridgehead atoms. The van der Waals surface area contributed by atoms with Crippen molar-refractivity contribution in [1.82, 2.24) is 24.3 Å². The largest absolute Gasteiger partial charge is 0.357 e. The zero-order chi connectivity index (χ0) is 17.8. The lowest BCUT2D eigenvalue weighted by Gasteiger charge is -2.27. The van der Waals surface area contributed by atoms with Crippen molar-refractivity contribution in [2.45, 2.75) is 19.3 Å². The van der Waals surface area contributed by atoms with Crippen molar-refractivity contribution in [1.29, 1.82) is 5.26 Å². The summed E-state index contributed by atoms with van der Waals surface area (Å²) in [5.41, 5.74) is 3.46. The van der Waals surface area contributed by atoms with Gasteiger partial charge in [0.2, 0.25) is 0 Å². The maximum atomic E-state index is 8.64. The molecule has 5 heterocycles. The minimum atomic E-state index is 0.630. The van der Waals surface area contributed by atoms with Gasteiger partial charge in [-0.2, -0.15) is 5.26 Å². The van der Waals surface area contributed by atoms with Crippen LogP contribution in [0.5, 0.6) is 0 Å². The van der Waals surface area contributed by atoms with E-state index < -0.39 is 0 Å². The number of nitrogens with zero attached hydrogens (tertiary/aromatic N) is 6. The zero-order valence-electron chi connectivity index (χ0n) is 14.3. The van der Waals surface area contributed by atoms with Crippen LogP contribution in [0.4, 0.5) is 5.82 Å². The fraction of sp³-hybridized carbons (Fsp3) is 0.263. The van der Waals surface area contributed by atoms with Crippen LogP contribution in [-0.2, 0) is 0 Å². The molecule has 0 saturated carbocycles. The number of piperidine rings is 1. The summed E-state index contributed by atoms with van der Waals surface area (Å²) >= 11 is 0. The molecular formula is C19H19N7. The molecule has 0 amide bonds. The van der Waals surface area contributed by atoms with E-state index in [1.807, 2.05) is 35.0 Å². The van der Waals surface area contributed by atoms with Gasteiger partial charge in [-0.3, -0.25) is 4.40 Å². The molecule has 0 aromatic carbocycles. The van der Waals surface area contributed by atoms with Crippen molar-refractivity contribution >= 4 is 22.6 Å². The van der Waals surface area contributed by atoms with Crippen molar-refractivity contribution in [2.24, 2.45) is 0 Å². The first-order valence-corrected chi connectivity index (χ1v) is 8.71. The van der Waals surface area contributed by atoms with E-state index >= 15 is 0 Å². The second kappa shape index (κ2) is 7.23. The number of nitrogens with one attached hydrogen (secondary N) is 1. The van der Waals surface area contributed by atoms with Crippen LogP contribution >= 0.6 is 0 Å². The minimum Gasteiger partial charge on any atom is -0.357 e. The Labute approximate surface area is 150 Å². The molecule has 130 valence electrons. The van der Waals surface area contributed by atoms with Crippen LogP contribution in [0, 0.1) is 11.3 Å². The smallest absolute Gasteiger partial charge is 0.155 e. The molecule has 1 aliphatic heterocycles. The molecule has 7 heteroatoms. The van der Waals surface area contributed by atoms with Gasteiger partial charge >= 0.3 is 0 Å². The molecule has 0 unspecified atom stereocenters. The third-order valence-corrected chi connectivity index (χ3v) is 4.50. The van der Waals surface area contributed by atoms with E-state index in [1.165, 1.54) is 19.3 Å². The van der Waals surface area contributed by atoms with Crippen LogP contribution in [0.25, 0.3) is 16.8 Å². The van der Waals surface area contributed by atoms with E-state index in [-0.39, 0.29) is 0 Å². The fourth-order valence-corrected chi connectivity index (χ4v) is 3.15. The van der Waals surface area contributed by atoms with Gasteiger partial charge in [0.05, 0.1) is 17.3 Å². The highest BCUT2D eigenvalue weighted by molar-refractivity contribution is 5.73. The van der Waals surface area contributed by atoms with E-state index in [0.29, 0.717) is 5.56 Å². The monoisotopic (exact) mass is 345 g/mol. The van der Waals surface area contributed by atoms with Gasteiger partial charge in [0.25, 0.3) is 0 Å². The summed E-state index contributed by atoms with van der Waals surface area (Å²) in [5.74, 6) is 1.00. The van der Waals surface area contributed by atoms with E-state index in [9.17, 15) is 0 Å². The molecule has 0 atom stereocenters. The Balaban J connectivity index is 0.000000130. The molecule has 4 aromatic heterocycles. The summed E-state index contributed by atoms with van der Waals surface area (Å²) in [6, 6.07) is 7.82. The second-order valence-corrected chi connectivity index (χ2v) is 6.19. The Bertz CT molecular complexity index is 984. The van der Waals surface area contributed by atoms with E-state index in [0.717, 1.165) is 35.7 Å².